The number of aromatic nitrogens is 1. The Morgan fingerprint density at radius 2 is 2.10 bits per heavy atom. The summed E-state index contributed by atoms with van der Waals surface area (Å²) in [5.41, 5.74) is 1.08. The van der Waals surface area contributed by atoms with Gasteiger partial charge in [-0.3, -0.25) is 0 Å². The van der Waals surface area contributed by atoms with Crippen molar-refractivity contribution in [3.8, 4) is 11.8 Å². The summed E-state index contributed by atoms with van der Waals surface area (Å²) >= 11 is 2.18. The minimum atomic E-state index is -1.01. The first kappa shape index (κ1) is 12.9. The van der Waals surface area contributed by atoms with E-state index in [-0.39, 0.29) is 11.6 Å². The Kier molecular flexibility index (Phi) is 3.31. The van der Waals surface area contributed by atoms with E-state index >= 15 is 0 Å². The molecule has 20 heavy (non-hydrogen) atoms. The molecule has 0 aliphatic carbocycles. The first-order valence-corrected chi connectivity index (χ1v) is 6.77. The van der Waals surface area contributed by atoms with Crippen molar-refractivity contribution in [1.29, 1.82) is 0 Å². The topological polar surface area (TPSA) is 72.6 Å². The molecule has 0 unspecified atom stereocenters. The fourth-order valence-corrected chi connectivity index (χ4v) is 2.23. The fraction of sp³-hybridized carbons (Fsp3) is 0. The van der Waals surface area contributed by atoms with E-state index in [2.05, 4.69) is 27.6 Å². The third-order valence-corrected chi connectivity index (χ3v) is 3.29. The molecule has 0 radical (unpaired) electrons. The number of carboxylic acid groups (broad SMARTS) is 1. The molecule has 1 aromatic heterocycles. The normalized spacial score (nSPS) is 10.7. The van der Waals surface area contributed by atoms with Gasteiger partial charge in [-0.2, -0.15) is 4.98 Å². The minimum absolute atomic E-state index is 0.0875. The summed E-state index contributed by atoms with van der Waals surface area (Å²) in [5, 5.41) is 8.92. The highest BCUT2D eigenvalue weighted by Gasteiger charge is 2.11. The maximum Gasteiger partial charge on any atom is 0.400 e. The van der Waals surface area contributed by atoms with E-state index in [1.54, 1.807) is 12.1 Å². The highest BCUT2D eigenvalue weighted by atomic mass is 127. The molecule has 1 heterocycles. The van der Waals surface area contributed by atoms with Crippen LogP contribution >= 0.6 is 22.6 Å². The van der Waals surface area contributed by atoms with E-state index < -0.39 is 5.97 Å². The summed E-state index contributed by atoms with van der Waals surface area (Å²) < 4.78 is 11.9. The summed E-state index contributed by atoms with van der Waals surface area (Å²) in [7, 11) is 0. The van der Waals surface area contributed by atoms with Crippen molar-refractivity contribution < 1.29 is 19.1 Å². The Balaban J connectivity index is 1.95. The van der Waals surface area contributed by atoms with Gasteiger partial charge >= 0.3 is 12.0 Å². The van der Waals surface area contributed by atoms with Crippen LogP contribution in [0.2, 0.25) is 0 Å². The van der Waals surface area contributed by atoms with E-state index in [4.69, 9.17) is 14.3 Å². The number of carboxylic acids is 1. The lowest BCUT2D eigenvalue weighted by molar-refractivity contribution is 0.0697. The van der Waals surface area contributed by atoms with Crippen LogP contribution in [0.3, 0.4) is 0 Å². The average Bonchev–Trinajstić information content (AvgIpc) is 2.79. The summed E-state index contributed by atoms with van der Waals surface area (Å²) in [5.74, 6) is -0.398. The van der Waals surface area contributed by atoms with E-state index in [1.165, 1.54) is 12.1 Å². The maximum atomic E-state index is 10.9. The molecular formula is C14H8INO4. The van der Waals surface area contributed by atoms with Crippen LogP contribution < -0.4 is 4.74 Å². The third kappa shape index (κ3) is 2.60. The number of carbonyl (C=O) groups is 1. The van der Waals surface area contributed by atoms with Gasteiger partial charge in [-0.15, -0.1) is 0 Å². The summed E-state index contributed by atoms with van der Waals surface area (Å²) in [6.45, 7) is 0. The Bertz CT molecular complexity index is 797. The predicted molar refractivity (Wildman–Crippen MR) is 80.2 cm³/mol. The molecule has 3 rings (SSSR count). The Morgan fingerprint density at radius 1 is 1.25 bits per heavy atom. The molecule has 1 N–H and O–H groups in total. The summed E-state index contributed by atoms with van der Waals surface area (Å²) in [6, 6.07) is 11.9. The van der Waals surface area contributed by atoms with Gasteiger partial charge in [0.2, 0.25) is 0 Å². The Labute approximate surface area is 127 Å². The molecule has 3 aromatic rings. The van der Waals surface area contributed by atoms with Crippen molar-refractivity contribution >= 4 is 39.7 Å². The van der Waals surface area contributed by atoms with Gasteiger partial charge in [0.25, 0.3) is 0 Å². The number of rotatable bonds is 3. The standard InChI is InChI=1S/C14H8INO4/c15-9-2-1-3-10(7-9)19-14-16-11-5-4-8(13(17)18)6-12(11)20-14/h1-7H,(H,17,18). The number of nitrogens with zero attached hydrogens (tertiary/aromatic N) is 1. The van der Waals surface area contributed by atoms with Gasteiger partial charge in [0.15, 0.2) is 5.58 Å². The zero-order chi connectivity index (χ0) is 14.1. The van der Waals surface area contributed by atoms with E-state index in [1.807, 2.05) is 18.2 Å². The highest BCUT2D eigenvalue weighted by Crippen LogP contribution is 2.26. The lowest BCUT2D eigenvalue weighted by Crippen LogP contribution is -1.94. The number of fused-ring (bicyclic) bond motifs is 1. The molecule has 0 fully saturated rings. The number of aromatic carboxylic acids is 1. The quantitative estimate of drug-likeness (QED) is 0.697. The first-order valence-electron chi connectivity index (χ1n) is 5.69. The number of oxazole rings is 1. The van der Waals surface area contributed by atoms with Gasteiger partial charge in [-0.1, -0.05) is 6.07 Å². The monoisotopic (exact) mass is 381 g/mol. The van der Waals surface area contributed by atoms with Gasteiger partial charge in [0, 0.05) is 3.57 Å². The molecule has 0 aliphatic heterocycles. The second-order valence-corrected chi connectivity index (χ2v) is 5.27. The second-order valence-electron chi connectivity index (χ2n) is 4.03. The zero-order valence-corrected chi connectivity index (χ0v) is 12.2. The third-order valence-electron chi connectivity index (χ3n) is 2.62. The molecule has 6 heteroatoms. The second kappa shape index (κ2) is 5.12. The van der Waals surface area contributed by atoms with Crippen LogP contribution in [0.15, 0.2) is 46.9 Å². The lowest BCUT2D eigenvalue weighted by atomic mass is 10.2. The predicted octanol–water partition coefficient (Wildman–Crippen LogP) is 3.92. The molecule has 0 saturated heterocycles. The molecule has 5 nitrogen and oxygen atoms in total. The molecule has 0 saturated carbocycles. The molecule has 0 amide bonds. The average molecular weight is 381 g/mol. The number of ether oxygens (including phenoxy) is 1. The molecular weight excluding hydrogens is 373 g/mol. The molecule has 0 spiro atoms. The number of halogens is 1. The van der Waals surface area contributed by atoms with Crippen molar-refractivity contribution in [2.45, 2.75) is 0 Å². The number of hydrogen-bond donors (Lipinski definition) is 1. The van der Waals surface area contributed by atoms with Gasteiger partial charge < -0.3 is 14.3 Å². The number of benzene rings is 2. The van der Waals surface area contributed by atoms with Gasteiger partial charge in [0.1, 0.15) is 11.3 Å². The number of hydrogen-bond acceptors (Lipinski definition) is 4. The molecule has 0 aliphatic rings. The van der Waals surface area contributed by atoms with Gasteiger partial charge in [-0.05, 0) is 59.0 Å². The largest absolute Gasteiger partial charge is 0.478 e. The van der Waals surface area contributed by atoms with E-state index in [0.29, 0.717) is 16.8 Å². The van der Waals surface area contributed by atoms with Crippen LogP contribution in [0.5, 0.6) is 11.8 Å². The van der Waals surface area contributed by atoms with Crippen molar-refractivity contribution in [2.75, 3.05) is 0 Å². The molecule has 0 bridgehead atoms. The van der Waals surface area contributed by atoms with E-state index in [9.17, 15) is 4.79 Å². The Hall–Kier alpha value is -2.09. The molecule has 100 valence electrons. The molecule has 2 aromatic carbocycles. The van der Waals surface area contributed by atoms with Crippen LogP contribution in [-0.4, -0.2) is 16.1 Å². The fourth-order valence-electron chi connectivity index (χ4n) is 1.71. The highest BCUT2D eigenvalue weighted by molar-refractivity contribution is 14.1. The van der Waals surface area contributed by atoms with E-state index in [0.717, 1.165) is 3.57 Å². The Morgan fingerprint density at radius 3 is 2.85 bits per heavy atom. The van der Waals surface area contributed by atoms with Crippen LogP contribution in [0.4, 0.5) is 0 Å². The maximum absolute atomic E-state index is 10.9. The first-order chi connectivity index (χ1) is 9.61. The smallest absolute Gasteiger partial charge is 0.400 e. The van der Waals surface area contributed by atoms with Crippen molar-refractivity contribution in [3.63, 3.8) is 0 Å². The van der Waals surface area contributed by atoms with Crippen LogP contribution in [-0.2, 0) is 0 Å². The van der Waals surface area contributed by atoms with Crippen LogP contribution in [0.1, 0.15) is 10.4 Å². The lowest BCUT2D eigenvalue weighted by Gasteiger charge is -1.99. The van der Waals surface area contributed by atoms with Crippen LogP contribution in [0, 0.1) is 3.57 Å². The van der Waals surface area contributed by atoms with Crippen molar-refractivity contribution in [3.05, 3.63) is 51.6 Å². The zero-order valence-electron chi connectivity index (χ0n) is 10.0. The van der Waals surface area contributed by atoms with Crippen molar-refractivity contribution in [2.24, 2.45) is 0 Å². The van der Waals surface area contributed by atoms with Gasteiger partial charge in [-0.25, -0.2) is 4.79 Å². The SMILES string of the molecule is O=C(O)c1ccc2nc(Oc3cccc(I)c3)oc2c1. The van der Waals surface area contributed by atoms with Gasteiger partial charge in [0.05, 0.1) is 5.56 Å². The van der Waals surface area contributed by atoms with Crippen LogP contribution in [0.25, 0.3) is 11.1 Å². The molecule has 0 atom stereocenters. The summed E-state index contributed by atoms with van der Waals surface area (Å²) in [4.78, 5) is 15.0. The van der Waals surface area contributed by atoms with Crippen molar-refractivity contribution in [1.82, 2.24) is 4.98 Å². The summed E-state index contributed by atoms with van der Waals surface area (Å²) in [6.07, 6.45) is 0.0875. The minimum Gasteiger partial charge on any atom is -0.478 e.